The van der Waals surface area contributed by atoms with Crippen molar-refractivity contribution in [1.29, 1.82) is 0 Å². The molecule has 0 atom stereocenters. The summed E-state index contributed by atoms with van der Waals surface area (Å²) in [6.45, 7) is 6.96. The van der Waals surface area contributed by atoms with Gasteiger partial charge in [-0.2, -0.15) is 0 Å². The number of hydrogen-bond donors (Lipinski definition) is 0. The van der Waals surface area contributed by atoms with E-state index in [9.17, 15) is 0 Å². The Kier molecular flexibility index (Phi) is 7.42. The summed E-state index contributed by atoms with van der Waals surface area (Å²) < 4.78 is 6.45. The van der Waals surface area contributed by atoms with Gasteiger partial charge in [-0.25, -0.2) is 0 Å². The highest BCUT2D eigenvalue weighted by atomic mass is 16.3. The van der Waals surface area contributed by atoms with Gasteiger partial charge >= 0.3 is 0 Å². The minimum atomic E-state index is -0.179. The third-order valence-electron chi connectivity index (χ3n) is 9.15. The van der Waals surface area contributed by atoms with E-state index < -0.39 is 0 Å². The number of anilines is 3. The molecule has 0 unspecified atom stereocenters. The predicted molar refractivity (Wildman–Crippen MR) is 203 cm³/mol. The van der Waals surface area contributed by atoms with Gasteiger partial charge in [-0.3, -0.25) is 0 Å². The van der Waals surface area contributed by atoms with Crippen LogP contribution in [0.5, 0.6) is 0 Å². The van der Waals surface area contributed by atoms with E-state index in [4.69, 9.17) is 4.42 Å². The van der Waals surface area contributed by atoms with Crippen LogP contribution < -0.4 is 4.90 Å². The molecule has 0 radical (unpaired) electrons. The normalized spacial score (nSPS) is 11.6. The van der Waals surface area contributed by atoms with E-state index >= 15 is 0 Å². The molecule has 0 aliphatic rings. The van der Waals surface area contributed by atoms with Crippen molar-refractivity contribution in [2.24, 2.45) is 0 Å². The van der Waals surface area contributed by atoms with Gasteiger partial charge in [0.05, 0.1) is 5.69 Å². The molecule has 0 amide bonds. The smallest absolute Gasteiger partial charge is 0.137 e. The first kappa shape index (κ1) is 29.5. The monoisotopic (exact) mass is 619 g/mol. The van der Waals surface area contributed by atoms with Crippen molar-refractivity contribution in [2.75, 3.05) is 4.90 Å². The van der Waals surface area contributed by atoms with Gasteiger partial charge < -0.3 is 9.32 Å². The van der Waals surface area contributed by atoms with Crippen LogP contribution in [0.2, 0.25) is 0 Å². The molecule has 1 heterocycles. The molecule has 7 aromatic carbocycles. The van der Waals surface area contributed by atoms with E-state index in [1.807, 2.05) is 12.1 Å². The molecule has 0 N–H and O–H groups in total. The SMILES string of the molecule is CC(C)(C)c1c(-c2ccccc2)cc(-c2ccccc2)cc1N(c1ccc(-c2ccccc2)cc1)c1ccc2c(c1)oc1ccccc12. The fourth-order valence-electron chi connectivity index (χ4n) is 6.95. The van der Waals surface area contributed by atoms with Gasteiger partial charge in [0.2, 0.25) is 0 Å². The summed E-state index contributed by atoms with van der Waals surface area (Å²) in [5, 5.41) is 2.25. The van der Waals surface area contributed by atoms with Gasteiger partial charge in [0.25, 0.3) is 0 Å². The Bertz CT molecular complexity index is 2350. The van der Waals surface area contributed by atoms with Gasteiger partial charge in [-0.1, -0.05) is 142 Å². The second-order valence-electron chi connectivity index (χ2n) is 13.4. The molecule has 0 bridgehead atoms. The minimum Gasteiger partial charge on any atom is -0.456 e. The zero-order valence-electron chi connectivity index (χ0n) is 27.5. The van der Waals surface area contributed by atoms with Crippen LogP contribution in [0.3, 0.4) is 0 Å². The lowest BCUT2D eigenvalue weighted by Crippen LogP contribution is -2.20. The molecule has 232 valence electrons. The largest absolute Gasteiger partial charge is 0.456 e. The summed E-state index contributed by atoms with van der Waals surface area (Å²) in [7, 11) is 0. The van der Waals surface area contributed by atoms with Gasteiger partial charge in [0, 0.05) is 28.2 Å². The maximum absolute atomic E-state index is 6.45. The first-order valence-corrected chi connectivity index (χ1v) is 16.6. The summed E-state index contributed by atoms with van der Waals surface area (Å²) >= 11 is 0. The number of nitrogens with zero attached hydrogens (tertiary/aromatic N) is 1. The van der Waals surface area contributed by atoms with E-state index in [0.29, 0.717) is 0 Å². The third kappa shape index (κ3) is 5.46. The second kappa shape index (κ2) is 12.1. The van der Waals surface area contributed by atoms with Gasteiger partial charge in [0.1, 0.15) is 11.2 Å². The maximum atomic E-state index is 6.45. The van der Waals surface area contributed by atoms with E-state index in [-0.39, 0.29) is 5.41 Å². The van der Waals surface area contributed by atoms with Gasteiger partial charge in [-0.15, -0.1) is 0 Å². The minimum absolute atomic E-state index is 0.179. The Balaban J connectivity index is 1.42. The molecule has 0 spiro atoms. The van der Waals surface area contributed by atoms with E-state index in [2.05, 4.69) is 183 Å². The third-order valence-corrected chi connectivity index (χ3v) is 9.15. The number of benzene rings is 7. The van der Waals surface area contributed by atoms with Crippen molar-refractivity contribution < 1.29 is 4.42 Å². The Hall–Kier alpha value is -5.86. The summed E-state index contributed by atoms with van der Waals surface area (Å²) in [4.78, 5) is 2.42. The number of rotatable bonds is 6. The molecule has 0 aliphatic heterocycles. The quantitative estimate of drug-likeness (QED) is 0.184. The predicted octanol–water partition coefficient (Wildman–Crippen LogP) is 13.4. The van der Waals surface area contributed by atoms with Crippen LogP contribution in [0, 0.1) is 0 Å². The fraction of sp³-hybridized carbons (Fsp3) is 0.0870. The van der Waals surface area contributed by atoms with E-state index in [1.54, 1.807) is 0 Å². The lowest BCUT2D eigenvalue weighted by Gasteiger charge is -2.34. The topological polar surface area (TPSA) is 16.4 Å². The van der Waals surface area contributed by atoms with Gasteiger partial charge in [0.15, 0.2) is 0 Å². The van der Waals surface area contributed by atoms with Crippen molar-refractivity contribution in [3.05, 3.63) is 175 Å². The van der Waals surface area contributed by atoms with Crippen LogP contribution >= 0.6 is 0 Å². The van der Waals surface area contributed by atoms with E-state index in [1.165, 1.54) is 38.9 Å². The Labute approximate surface area is 282 Å². The van der Waals surface area contributed by atoms with E-state index in [0.717, 1.165) is 39.0 Å². The molecule has 0 saturated heterocycles. The molecule has 8 aromatic rings. The second-order valence-corrected chi connectivity index (χ2v) is 13.4. The summed E-state index contributed by atoms with van der Waals surface area (Å²) in [5.41, 5.74) is 13.3. The number of hydrogen-bond acceptors (Lipinski definition) is 2. The summed E-state index contributed by atoms with van der Waals surface area (Å²) in [6.07, 6.45) is 0. The van der Waals surface area contributed by atoms with Crippen LogP contribution in [0.15, 0.2) is 174 Å². The van der Waals surface area contributed by atoms with Crippen molar-refractivity contribution >= 4 is 39.0 Å². The first-order chi connectivity index (χ1) is 23.4. The van der Waals surface area contributed by atoms with Crippen molar-refractivity contribution in [3.8, 4) is 33.4 Å². The molecule has 2 heteroatoms. The molecule has 1 aromatic heterocycles. The molecule has 48 heavy (non-hydrogen) atoms. The number of fused-ring (bicyclic) bond motifs is 3. The Morgan fingerprint density at radius 1 is 0.417 bits per heavy atom. The zero-order chi connectivity index (χ0) is 32.7. The van der Waals surface area contributed by atoms with Crippen LogP contribution in [-0.4, -0.2) is 0 Å². The molecule has 0 fully saturated rings. The highest BCUT2D eigenvalue weighted by Crippen LogP contribution is 2.48. The molecule has 0 aliphatic carbocycles. The van der Waals surface area contributed by atoms with Crippen molar-refractivity contribution in [3.63, 3.8) is 0 Å². The van der Waals surface area contributed by atoms with Crippen molar-refractivity contribution in [1.82, 2.24) is 0 Å². The Morgan fingerprint density at radius 2 is 0.938 bits per heavy atom. The van der Waals surface area contributed by atoms with Crippen LogP contribution in [0.1, 0.15) is 26.3 Å². The lowest BCUT2D eigenvalue weighted by atomic mass is 9.78. The van der Waals surface area contributed by atoms with Crippen molar-refractivity contribution in [2.45, 2.75) is 26.2 Å². The molecule has 8 rings (SSSR count). The average molecular weight is 620 g/mol. The Morgan fingerprint density at radius 3 is 1.58 bits per heavy atom. The lowest BCUT2D eigenvalue weighted by molar-refractivity contribution is 0.593. The number of para-hydroxylation sites is 1. The standard InChI is InChI=1S/C46H37NO/c1-46(2,3)45-41(35-19-11-6-12-20-35)29-36(33-17-9-5-10-18-33)30-42(45)47(37-25-23-34(24-26-37)32-15-7-4-8-16-32)38-27-28-40-39-21-13-14-22-43(39)48-44(40)31-38/h4-31H,1-3H3. The van der Waals surface area contributed by atoms with Crippen LogP contribution in [0.25, 0.3) is 55.3 Å². The maximum Gasteiger partial charge on any atom is 0.137 e. The summed E-state index contributed by atoms with van der Waals surface area (Å²) in [6, 6.07) is 60.7. The molecular formula is C46H37NO. The first-order valence-electron chi connectivity index (χ1n) is 16.6. The van der Waals surface area contributed by atoms with Crippen LogP contribution in [-0.2, 0) is 5.41 Å². The average Bonchev–Trinajstić information content (AvgIpc) is 3.50. The van der Waals surface area contributed by atoms with Crippen LogP contribution in [0.4, 0.5) is 17.1 Å². The summed E-state index contributed by atoms with van der Waals surface area (Å²) in [5.74, 6) is 0. The highest BCUT2D eigenvalue weighted by molar-refractivity contribution is 6.06. The fourth-order valence-corrected chi connectivity index (χ4v) is 6.95. The number of furan rings is 1. The molecule has 0 saturated carbocycles. The zero-order valence-corrected chi connectivity index (χ0v) is 27.5. The molecule has 2 nitrogen and oxygen atoms in total. The molecular weight excluding hydrogens is 583 g/mol. The highest BCUT2D eigenvalue weighted by Gasteiger charge is 2.29. The van der Waals surface area contributed by atoms with Gasteiger partial charge in [-0.05, 0) is 86.8 Å².